The molecule has 140 valence electrons. The molecule has 9 heteroatoms. The molecule has 1 aliphatic rings. The van der Waals surface area contributed by atoms with Gasteiger partial charge in [-0.15, -0.1) is 24.0 Å². The Morgan fingerprint density at radius 1 is 1.40 bits per heavy atom. The number of hydrogen-bond acceptors (Lipinski definition) is 5. The lowest BCUT2D eigenvalue weighted by Crippen LogP contribution is -2.48. The fraction of sp³-hybridized carbons (Fsp3) is 0.562. The van der Waals surface area contributed by atoms with Gasteiger partial charge < -0.3 is 15.5 Å². The lowest BCUT2D eigenvalue weighted by atomic mass is 10.3. The van der Waals surface area contributed by atoms with Gasteiger partial charge in [0.05, 0.1) is 4.92 Å². The molecule has 1 atom stereocenters. The van der Waals surface area contributed by atoms with Gasteiger partial charge in [-0.3, -0.25) is 15.1 Å². The number of anilines is 1. The summed E-state index contributed by atoms with van der Waals surface area (Å²) in [4.78, 5) is 16.9. The summed E-state index contributed by atoms with van der Waals surface area (Å²) in [6.07, 6.45) is 1.18. The third kappa shape index (κ3) is 6.89. The molecule has 7 nitrogen and oxygen atoms in total. The summed E-state index contributed by atoms with van der Waals surface area (Å²) < 4.78 is 0. The Morgan fingerprint density at radius 2 is 2.12 bits per heavy atom. The zero-order chi connectivity index (χ0) is 17.4. The van der Waals surface area contributed by atoms with Crippen LogP contribution in [0.3, 0.4) is 0 Å². The summed E-state index contributed by atoms with van der Waals surface area (Å²) in [6.45, 7) is 5.75. The van der Waals surface area contributed by atoms with Gasteiger partial charge in [0.25, 0.3) is 5.69 Å². The number of guanidine groups is 1. The molecular formula is C16H26IN5O2S. The van der Waals surface area contributed by atoms with Gasteiger partial charge in [0, 0.05) is 62.0 Å². The van der Waals surface area contributed by atoms with Crippen molar-refractivity contribution in [1.82, 2.24) is 10.2 Å². The minimum Gasteiger partial charge on any atom is -0.383 e. The van der Waals surface area contributed by atoms with E-state index in [2.05, 4.69) is 27.4 Å². The van der Waals surface area contributed by atoms with Crippen LogP contribution in [0.5, 0.6) is 0 Å². The average Bonchev–Trinajstić information content (AvgIpc) is 2.62. The highest BCUT2D eigenvalue weighted by atomic mass is 127. The van der Waals surface area contributed by atoms with Crippen molar-refractivity contribution in [2.45, 2.75) is 18.6 Å². The summed E-state index contributed by atoms with van der Waals surface area (Å²) in [5.41, 5.74) is 0.977. The standard InChI is InChI=1S/C16H25N5O2S.HI/c1-3-15-12-20(10-11-24-15)16(17-2)19-9-8-18-13-4-6-14(7-5-13)21(22)23;/h4-7,15,18H,3,8-12H2,1-2H3,(H,17,19);1H. The Balaban J connectivity index is 0.00000312. The molecular weight excluding hydrogens is 453 g/mol. The van der Waals surface area contributed by atoms with Crippen LogP contribution in [0.2, 0.25) is 0 Å². The lowest BCUT2D eigenvalue weighted by molar-refractivity contribution is -0.384. The monoisotopic (exact) mass is 479 g/mol. The minimum absolute atomic E-state index is 0. The quantitative estimate of drug-likeness (QED) is 0.163. The highest BCUT2D eigenvalue weighted by Crippen LogP contribution is 2.21. The molecule has 0 aromatic heterocycles. The summed E-state index contributed by atoms with van der Waals surface area (Å²) in [5, 5.41) is 17.9. The molecule has 1 unspecified atom stereocenters. The zero-order valence-electron chi connectivity index (χ0n) is 14.6. The molecule has 2 rings (SSSR count). The Kier molecular flexibility index (Phi) is 9.94. The van der Waals surface area contributed by atoms with Crippen LogP contribution in [0.15, 0.2) is 29.3 Å². The summed E-state index contributed by atoms with van der Waals surface area (Å²) in [6, 6.07) is 6.46. The molecule has 1 aromatic carbocycles. The normalized spacial score (nSPS) is 17.6. The van der Waals surface area contributed by atoms with E-state index in [0.29, 0.717) is 5.25 Å². The molecule has 0 bridgehead atoms. The van der Waals surface area contributed by atoms with E-state index in [0.717, 1.165) is 43.6 Å². The van der Waals surface area contributed by atoms with Gasteiger partial charge in [-0.1, -0.05) is 6.92 Å². The molecule has 1 saturated heterocycles. The van der Waals surface area contributed by atoms with Crippen LogP contribution in [0.1, 0.15) is 13.3 Å². The van der Waals surface area contributed by atoms with E-state index in [1.54, 1.807) is 12.1 Å². The van der Waals surface area contributed by atoms with Crippen molar-refractivity contribution in [3.63, 3.8) is 0 Å². The molecule has 0 spiro atoms. The van der Waals surface area contributed by atoms with Crippen LogP contribution < -0.4 is 10.6 Å². The van der Waals surface area contributed by atoms with Gasteiger partial charge in [-0.2, -0.15) is 11.8 Å². The summed E-state index contributed by atoms with van der Waals surface area (Å²) in [7, 11) is 1.81. The molecule has 2 N–H and O–H groups in total. The Hall–Kier alpha value is -1.23. The maximum Gasteiger partial charge on any atom is 0.269 e. The van der Waals surface area contributed by atoms with Gasteiger partial charge in [0.2, 0.25) is 0 Å². The SMILES string of the molecule is CCC1CN(C(=NC)NCCNc2ccc([N+](=O)[O-])cc2)CCS1.I. The number of hydrogen-bond donors (Lipinski definition) is 2. The van der Waals surface area contributed by atoms with Crippen LogP contribution in [0.25, 0.3) is 0 Å². The number of nitro groups is 1. The third-order valence-corrected chi connectivity index (χ3v) is 5.29. The van der Waals surface area contributed by atoms with Crippen molar-refractivity contribution in [3.05, 3.63) is 34.4 Å². The third-order valence-electron chi connectivity index (χ3n) is 3.92. The predicted molar refractivity (Wildman–Crippen MR) is 116 cm³/mol. The molecule has 25 heavy (non-hydrogen) atoms. The van der Waals surface area contributed by atoms with Gasteiger partial charge >= 0.3 is 0 Å². The number of rotatable bonds is 6. The second kappa shape index (κ2) is 11.4. The first-order valence-corrected chi connectivity index (χ1v) is 9.24. The minimum atomic E-state index is -0.393. The Morgan fingerprint density at radius 3 is 2.72 bits per heavy atom. The first-order chi connectivity index (χ1) is 11.6. The summed E-state index contributed by atoms with van der Waals surface area (Å²) in [5.74, 6) is 2.08. The molecule has 1 heterocycles. The van der Waals surface area contributed by atoms with E-state index in [1.807, 2.05) is 18.8 Å². The molecule has 1 aromatic rings. The van der Waals surface area contributed by atoms with Gasteiger partial charge in [-0.05, 0) is 18.6 Å². The van der Waals surface area contributed by atoms with Crippen LogP contribution in [0.4, 0.5) is 11.4 Å². The van der Waals surface area contributed by atoms with Crippen LogP contribution >= 0.6 is 35.7 Å². The van der Waals surface area contributed by atoms with Crippen molar-refractivity contribution >= 4 is 53.1 Å². The highest BCUT2D eigenvalue weighted by molar-refractivity contribution is 14.0. The number of halogens is 1. The highest BCUT2D eigenvalue weighted by Gasteiger charge is 2.21. The van der Waals surface area contributed by atoms with Crippen molar-refractivity contribution < 1.29 is 4.92 Å². The molecule has 1 aliphatic heterocycles. The van der Waals surface area contributed by atoms with Crippen molar-refractivity contribution in [2.75, 3.05) is 44.3 Å². The van der Waals surface area contributed by atoms with Crippen molar-refractivity contribution in [3.8, 4) is 0 Å². The largest absolute Gasteiger partial charge is 0.383 e. The van der Waals surface area contributed by atoms with Crippen LogP contribution in [0, 0.1) is 10.1 Å². The first kappa shape index (κ1) is 21.8. The average molecular weight is 479 g/mol. The van der Waals surface area contributed by atoms with Gasteiger partial charge in [0.1, 0.15) is 0 Å². The predicted octanol–water partition coefficient (Wildman–Crippen LogP) is 3.03. The number of nitrogens with zero attached hydrogens (tertiary/aromatic N) is 3. The van der Waals surface area contributed by atoms with E-state index in [-0.39, 0.29) is 29.7 Å². The Labute approximate surface area is 170 Å². The number of aliphatic imine (C=N–C) groups is 1. The number of nitro benzene ring substituents is 1. The number of nitrogens with one attached hydrogen (secondary N) is 2. The van der Waals surface area contributed by atoms with E-state index in [1.165, 1.54) is 18.6 Å². The second-order valence-electron chi connectivity index (χ2n) is 5.55. The zero-order valence-corrected chi connectivity index (χ0v) is 17.8. The molecule has 0 aliphatic carbocycles. The number of non-ortho nitro benzene ring substituents is 1. The molecule has 0 saturated carbocycles. The van der Waals surface area contributed by atoms with Gasteiger partial charge in [0.15, 0.2) is 5.96 Å². The van der Waals surface area contributed by atoms with Crippen molar-refractivity contribution in [1.29, 1.82) is 0 Å². The number of thioether (sulfide) groups is 1. The maximum absolute atomic E-state index is 10.6. The molecule has 0 amide bonds. The van der Waals surface area contributed by atoms with E-state index in [4.69, 9.17) is 0 Å². The van der Waals surface area contributed by atoms with Crippen LogP contribution in [-0.2, 0) is 0 Å². The van der Waals surface area contributed by atoms with Crippen molar-refractivity contribution in [2.24, 2.45) is 4.99 Å². The van der Waals surface area contributed by atoms with E-state index in [9.17, 15) is 10.1 Å². The lowest BCUT2D eigenvalue weighted by Gasteiger charge is -2.34. The second-order valence-corrected chi connectivity index (χ2v) is 6.96. The Bertz CT molecular complexity index is 570. The number of benzene rings is 1. The smallest absolute Gasteiger partial charge is 0.269 e. The fourth-order valence-electron chi connectivity index (χ4n) is 2.57. The topological polar surface area (TPSA) is 82.8 Å². The fourth-order valence-corrected chi connectivity index (χ4v) is 3.75. The van der Waals surface area contributed by atoms with E-state index < -0.39 is 4.92 Å². The van der Waals surface area contributed by atoms with E-state index >= 15 is 0 Å². The molecule has 1 fully saturated rings. The summed E-state index contributed by atoms with van der Waals surface area (Å²) >= 11 is 2.04. The maximum atomic E-state index is 10.6. The molecule has 0 radical (unpaired) electrons. The van der Waals surface area contributed by atoms with Gasteiger partial charge in [-0.25, -0.2) is 0 Å². The first-order valence-electron chi connectivity index (χ1n) is 8.19. The van der Waals surface area contributed by atoms with Crippen LogP contribution in [-0.4, -0.2) is 60.0 Å².